The number of likely N-dealkylation sites (tertiary alicyclic amines) is 1. The zero-order chi connectivity index (χ0) is 26.5. The number of aliphatic imine (C=N–C) groups is 1. The van der Waals surface area contributed by atoms with Crippen LogP contribution in [-0.4, -0.2) is 53.5 Å². The van der Waals surface area contributed by atoms with Crippen LogP contribution in [-0.2, 0) is 11.3 Å². The Morgan fingerprint density at radius 1 is 0.921 bits per heavy atom. The first-order valence-corrected chi connectivity index (χ1v) is 13.8. The van der Waals surface area contributed by atoms with Gasteiger partial charge in [0.1, 0.15) is 5.92 Å². The van der Waals surface area contributed by atoms with E-state index in [-0.39, 0.29) is 11.8 Å². The van der Waals surface area contributed by atoms with Gasteiger partial charge in [-0.3, -0.25) is 19.5 Å². The molecule has 2 heterocycles. The number of carbonyl (C=O) groups excluding carboxylic acids is 2. The molecule has 0 radical (unpaired) electrons. The topological polar surface area (TPSA) is 65.0 Å². The number of benzene rings is 3. The Bertz CT molecular complexity index is 1310. The van der Waals surface area contributed by atoms with Gasteiger partial charge in [-0.05, 0) is 80.7 Å². The van der Waals surface area contributed by atoms with E-state index in [0.717, 1.165) is 36.4 Å². The van der Waals surface area contributed by atoms with E-state index >= 15 is 0 Å². The molecule has 1 fully saturated rings. The van der Waals surface area contributed by atoms with Gasteiger partial charge >= 0.3 is 0 Å². The minimum absolute atomic E-state index is 0.0305. The average molecular weight is 509 g/mol. The summed E-state index contributed by atoms with van der Waals surface area (Å²) >= 11 is 0. The number of amides is 2. The Balaban J connectivity index is 1.46. The highest BCUT2D eigenvalue weighted by Crippen LogP contribution is 2.37. The molecule has 0 spiro atoms. The number of nitrogens with one attached hydrogen (secondary N) is 1. The second kappa shape index (κ2) is 11.7. The van der Waals surface area contributed by atoms with Gasteiger partial charge in [-0.25, -0.2) is 0 Å². The van der Waals surface area contributed by atoms with Crippen LogP contribution >= 0.6 is 0 Å². The van der Waals surface area contributed by atoms with Crippen molar-refractivity contribution in [2.75, 3.05) is 31.5 Å². The average Bonchev–Trinajstić information content (AvgIpc) is 3.29. The zero-order valence-corrected chi connectivity index (χ0v) is 22.3. The predicted molar refractivity (Wildman–Crippen MR) is 153 cm³/mol. The fourth-order valence-electron chi connectivity index (χ4n) is 5.46. The van der Waals surface area contributed by atoms with Crippen LogP contribution in [0, 0.1) is 0 Å². The molecule has 0 aliphatic carbocycles. The highest BCUT2D eigenvalue weighted by molar-refractivity contribution is 6.24. The molecule has 2 aliphatic heterocycles. The van der Waals surface area contributed by atoms with E-state index < -0.39 is 5.92 Å². The van der Waals surface area contributed by atoms with E-state index in [0.29, 0.717) is 30.1 Å². The van der Waals surface area contributed by atoms with Crippen LogP contribution in [0.1, 0.15) is 66.1 Å². The van der Waals surface area contributed by atoms with E-state index in [1.165, 1.54) is 24.8 Å². The Hall–Kier alpha value is -3.77. The Morgan fingerprint density at radius 2 is 1.63 bits per heavy atom. The largest absolute Gasteiger partial charge is 0.339 e. The summed E-state index contributed by atoms with van der Waals surface area (Å²) < 4.78 is 0. The number of carbonyl (C=O) groups is 2. The van der Waals surface area contributed by atoms with Crippen molar-refractivity contribution < 1.29 is 9.59 Å². The maximum atomic E-state index is 13.3. The van der Waals surface area contributed by atoms with Crippen molar-refractivity contribution in [3.05, 3.63) is 95.1 Å². The number of piperidine rings is 1. The molecule has 6 nitrogen and oxygen atoms in total. The maximum Gasteiger partial charge on any atom is 0.253 e. The lowest BCUT2D eigenvalue weighted by Crippen LogP contribution is -2.30. The van der Waals surface area contributed by atoms with Gasteiger partial charge in [-0.1, -0.05) is 55.0 Å². The van der Waals surface area contributed by atoms with Crippen molar-refractivity contribution >= 4 is 28.9 Å². The van der Waals surface area contributed by atoms with Gasteiger partial charge in [0.05, 0.1) is 11.4 Å². The zero-order valence-electron chi connectivity index (χ0n) is 22.3. The van der Waals surface area contributed by atoms with E-state index in [9.17, 15) is 9.59 Å². The smallest absolute Gasteiger partial charge is 0.253 e. The normalized spacial score (nSPS) is 17.7. The SMILES string of the molecule is CCN(CC)C(=O)c1ccc2c(c1)NC(=O)C2C(=Nc1ccc(CN2CCCCC2)cc1)c1ccccc1. The summed E-state index contributed by atoms with van der Waals surface area (Å²) in [7, 11) is 0. The fourth-order valence-corrected chi connectivity index (χ4v) is 5.46. The van der Waals surface area contributed by atoms with Crippen LogP contribution in [0.25, 0.3) is 0 Å². The lowest BCUT2D eigenvalue weighted by Gasteiger charge is -2.26. The van der Waals surface area contributed by atoms with Crippen molar-refractivity contribution in [3.8, 4) is 0 Å². The molecule has 0 aromatic heterocycles. The summed E-state index contributed by atoms with van der Waals surface area (Å²) in [5.41, 5.74) is 5.81. The second-order valence-electron chi connectivity index (χ2n) is 10.1. The number of hydrogen-bond donors (Lipinski definition) is 1. The van der Waals surface area contributed by atoms with Gasteiger partial charge in [0.15, 0.2) is 0 Å². The first-order valence-electron chi connectivity index (χ1n) is 13.8. The summed E-state index contributed by atoms with van der Waals surface area (Å²) in [5, 5.41) is 3.01. The summed E-state index contributed by atoms with van der Waals surface area (Å²) in [4.78, 5) is 35.6. The quantitative estimate of drug-likeness (QED) is 0.379. The first-order chi connectivity index (χ1) is 18.6. The highest BCUT2D eigenvalue weighted by Gasteiger charge is 2.36. The van der Waals surface area contributed by atoms with Gasteiger partial charge in [-0.2, -0.15) is 0 Å². The van der Waals surface area contributed by atoms with Crippen LogP contribution in [0.2, 0.25) is 0 Å². The number of hydrogen-bond acceptors (Lipinski definition) is 4. The Labute approximate surface area is 225 Å². The van der Waals surface area contributed by atoms with Crippen LogP contribution < -0.4 is 5.32 Å². The molecule has 1 atom stereocenters. The highest BCUT2D eigenvalue weighted by atomic mass is 16.2. The van der Waals surface area contributed by atoms with Crippen molar-refractivity contribution in [3.63, 3.8) is 0 Å². The number of nitrogens with zero attached hydrogens (tertiary/aromatic N) is 3. The molecular weight excluding hydrogens is 472 g/mol. The molecule has 196 valence electrons. The van der Waals surface area contributed by atoms with Crippen molar-refractivity contribution in [1.29, 1.82) is 0 Å². The molecule has 3 aromatic carbocycles. The fraction of sp³-hybridized carbons (Fsp3) is 0.344. The third-order valence-corrected chi connectivity index (χ3v) is 7.57. The lowest BCUT2D eigenvalue weighted by molar-refractivity contribution is -0.115. The molecule has 2 amide bonds. The van der Waals surface area contributed by atoms with Gasteiger partial charge in [0.2, 0.25) is 5.91 Å². The molecule has 38 heavy (non-hydrogen) atoms. The van der Waals surface area contributed by atoms with Gasteiger partial charge < -0.3 is 10.2 Å². The number of anilines is 1. The summed E-state index contributed by atoms with van der Waals surface area (Å²) in [6.45, 7) is 8.51. The lowest BCUT2D eigenvalue weighted by atomic mass is 9.90. The standard InChI is InChI=1S/C32H36N4O2/c1-3-36(4-2)32(38)25-15-18-27-28(21-25)34-31(37)29(27)30(24-11-7-5-8-12-24)33-26-16-13-23(14-17-26)22-35-19-9-6-10-20-35/h5,7-8,11-18,21,29H,3-4,6,9-10,19-20,22H2,1-2H3,(H,34,37). The van der Waals surface area contributed by atoms with E-state index in [4.69, 9.17) is 4.99 Å². The molecule has 2 aliphatic rings. The predicted octanol–water partition coefficient (Wildman–Crippen LogP) is 6.01. The Kier molecular flexibility index (Phi) is 7.99. The van der Waals surface area contributed by atoms with Gasteiger partial charge in [0.25, 0.3) is 5.91 Å². The second-order valence-corrected chi connectivity index (χ2v) is 10.1. The molecule has 0 bridgehead atoms. The monoisotopic (exact) mass is 508 g/mol. The van der Waals surface area contributed by atoms with Crippen LogP contribution in [0.15, 0.2) is 77.8 Å². The molecule has 1 saturated heterocycles. The molecule has 6 heteroatoms. The molecule has 5 rings (SSSR count). The minimum atomic E-state index is -0.557. The molecule has 3 aromatic rings. The summed E-state index contributed by atoms with van der Waals surface area (Å²) in [5.74, 6) is -0.716. The van der Waals surface area contributed by atoms with E-state index in [1.54, 1.807) is 11.0 Å². The van der Waals surface area contributed by atoms with Crippen LogP contribution in [0.3, 0.4) is 0 Å². The minimum Gasteiger partial charge on any atom is -0.339 e. The van der Waals surface area contributed by atoms with Crippen LogP contribution in [0.5, 0.6) is 0 Å². The molecule has 1 N–H and O–H groups in total. The van der Waals surface area contributed by atoms with Gasteiger partial charge in [-0.15, -0.1) is 0 Å². The summed E-state index contributed by atoms with van der Waals surface area (Å²) in [6.07, 6.45) is 3.88. The maximum absolute atomic E-state index is 13.3. The third-order valence-electron chi connectivity index (χ3n) is 7.57. The van der Waals surface area contributed by atoms with E-state index in [2.05, 4.69) is 22.3 Å². The molecule has 1 unspecified atom stereocenters. The third kappa shape index (κ3) is 5.55. The van der Waals surface area contributed by atoms with Crippen molar-refractivity contribution in [2.24, 2.45) is 4.99 Å². The molecular formula is C32H36N4O2. The van der Waals surface area contributed by atoms with Crippen LogP contribution in [0.4, 0.5) is 11.4 Å². The van der Waals surface area contributed by atoms with Gasteiger partial charge in [0, 0.05) is 30.9 Å². The van der Waals surface area contributed by atoms with Crippen molar-refractivity contribution in [1.82, 2.24) is 9.80 Å². The number of fused-ring (bicyclic) bond motifs is 1. The number of rotatable bonds is 8. The first kappa shape index (κ1) is 25.9. The Morgan fingerprint density at radius 3 is 2.32 bits per heavy atom. The van der Waals surface area contributed by atoms with E-state index in [1.807, 2.05) is 68.4 Å². The summed E-state index contributed by atoms with van der Waals surface area (Å²) in [6, 6.07) is 23.8. The molecule has 0 saturated carbocycles. The van der Waals surface area contributed by atoms with Crippen molar-refractivity contribution in [2.45, 2.75) is 45.6 Å².